The van der Waals surface area contributed by atoms with Gasteiger partial charge in [-0.25, -0.2) is 14.6 Å². The zero-order chi connectivity index (χ0) is 17.7. The molecule has 1 aliphatic rings. The smallest absolute Gasteiger partial charge is 0.409 e. The van der Waals surface area contributed by atoms with E-state index in [0.29, 0.717) is 48.4 Å². The number of rotatable bonds is 7. The van der Waals surface area contributed by atoms with Gasteiger partial charge in [0, 0.05) is 20.0 Å². The third kappa shape index (κ3) is 4.22. The van der Waals surface area contributed by atoms with Crippen molar-refractivity contribution in [2.45, 2.75) is 26.7 Å². The minimum absolute atomic E-state index is 0.119. The van der Waals surface area contributed by atoms with E-state index in [2.05, 4.69) is 4.98 Å². The molecule has 0 atom stereocenters. The molecule has 132 valence electrons. The topological polar surface area (TPSA) is 89.0 Å². The van der Waals surface area contributed by atoms with Gasteiger partial charge in [0.25, 0.3) is 0 Å². The van der Waals surface area contributed by atoms with Crippen LogP contribution in [-0.2, 0) is 14.3 Å². The summed E-state index contributed by atoms with van der Waals surface area (Å²) >= 11 is 1.14. The van der Waals surface area contributed by atoms with E-state index in [1.807, 2.05) is 0 Å². The summed E-state index contributed by atoms with van der Waals surface area (Å²) in [5.74, 6) is -0.543. The minimum Gasteiger partial charge on any atom is -0.462 e. The Morgan fingerprint density at radius 1 is 1.46 bits per heavy atom. The largest absolute Gasteiger partial charge is 0.462 e. The second-order valence-corrected chi connectivity index (χ2v) is 6.27. The maximum Gasteiger partial charge on any atom is 0.409 e. The number of hydrogen-bond donors (Lipinski definition) is 0. The fourth-order valence-electron chi connectivity index (χ4n) is 2.24. The Bertz CT molecular complexity index is 631. The van der Waals surface area contributed by atoms with Crippen LogP contribution in [0.1, 0.15) is 35.1 Å². The highest BCUT2D eigenvalue weighted by atomic mass is 32.1. The molecule has 1 aromatic heterocycles. The number of aromatic nitrogens is 1. The Hall–Kier alpha value is -2.16. The van der Waals surface area contributed by atoms with Crippen molar-refractivity contribution in [1.82, 2.24) is 9.88 Å². The monoisotopic (exact) mass is 355 g/mol. The third-order valence-electron chi connectivity index (χ3n) is 3.57. The maximum atomic E-state index is 12.3. The maximum absolute atomic E-state index is 12.3. The SMILES string of the molecule is CCOC(=O)c1sc(N(C)C(=O)CCCN2CCOC2=O)nc1C. The molecule has 2 heterocycles. The lowest BCUT2D eigenvalue weighted by Gasteiger charge is -2.15. The van der Waals surface area contributed by atoms with Gasteiger partial charge in [-0.2, -0.15) is 0 Å². The Morgan fingerprint density at radius 3 is 2.83 bits per heavy atom. The highest BCUT2D eigenvalue weighted by molar-refractivity contribution is 7.17. The van der Waals surface area contributed by atoms with Crippen molar-refractivity contribution in [3.63, 3.8) is 0 Å². The number of amides is 2. The van der Waals surface area contributed by atoms with Gasteiger partial charge in [0.15, 0.2) is 5.13 Å². The lowest BCUT2D eigenvalue weighted by molar-refractivity contribution is -0.118. The Labute approximate surface area is 144 Å². The number of esters is 1. The second-order valence-electron chi connectivity index (χ2n) is 5.29. The molecular weight excluding hydrogens is 334 g/mol. The number of ether oxygens (including phenoxy) is 2. The van der Waals surface area contributed by atoms with Gasteiger partial charge in [-0.3, -0.25) is 9.69 Å². The van der Waals surface area contributed by atoms with Crippen molar-refractivity contribution in [2.75, 3.05) is 38.3 Å². The van der Waals surface area contributed by atoms with Crippen LogP contribution in [-0.4, -0.2) is 61.2 Å². The molecule has 0 N–H and O–H groups in total. The average Bonchev–Trinajstić information content (AvgIpc) is 3.13. The molecule has 0 bridgehead atoms. The molecule has 0 radical (unpaired) electrons. The van der Waals surface area contributed by atoms with Crippen LogP contribution in [0.15, 0.2) is 0 Å². The number of nitrogens with zero attached hydrogens (tertiary/aromatic N) is 3. The summed E-state index contributed by atoms with van der Waals surface area (Å²) in [6, 6.07) is 0. The second kappa shape index (κ2) is 8.09. The van der Waals surface area contributed by atoms with Crippen LogP contribution < -0.4 is 4.90 Å². The molecule has 9 heteroatoms. The first-order chi connectivity index (χ1) is 11.4. The summed E-state index contributed by atoms with van der Waals surface area (Å²) in [4.78, 5) is 43.1. The van der Waals surface area contributed by atoms with Crippen LogP contribution in [0.4, 0.5) is 9.93 Å². The predicted octanol–water partition coefficient (Wildman–Crippen LogP) is 1.82. The van der Waals surface area contributed by atoms with E-state index >= 15 is 0 Å². The summed E-state index contributed by atoms with van der Waals surface area (Å²) in [5, 5.41) is 0.459. The molecule has 1 aliphatic heterocycles. The summed E-state index contributed by atoms with van der Waals surface area (Å²) in [6.45, 7) is 5.20. The van der Waals surface area contributed by atoms with Crippen LogP contribution >= 0.6 is 11.3 Å². The number of anilines is 1. The Kier molecular flexibility index (Phi) is 6.13. The first-order valence-corrected chi connectivity index (χ1v) is 8.58. The first kappa shape index (κ1) is 18.2. The van der Waals surface area contributed by atoms with Gasteiger partial charge >= 0.3 is 12.1 Å². The van der Waals surface area contributed by atoms with Gasteiger partial charge in [0.1, 0.15) is 11.5 Å². The lowest BCUT2D eigenvalue weighted by Crippen LogP contribution is -2.29. The predicted molar refractivity (Wildman–Crippen MR) is 88.4 cm³/mol. The van der Waals surface area contributed by atoms with Gasteiger partial charge < -0.3 is 14.4 Å². The van der Waals surface area contributed by atoms with Gasteiger partial charge in [-0.15, -0.1) is 0 Å². The van der Waals surface area contributed by atoms with Crippen LogP contribution in [0.2, 0.25) is 0 Å². The lowest BCUT2D eigenvalue weighted by atomic mass is 10.2. The zero-order valence-electron chi connectivity index (χ0n) is 14.0. The number of thiazole rings is 1. The molecule has 2 rings (SSSR count). The van der Waals surface area contributed by atoms with Crippen molar-refractivity contribution in [1.29, 1.82) is 0 Å². The Morgan fingerprint density at radius 2 is 2.21 bits per heavy atom. The number of cyclic esters (lactones) is 1. The minimum atomic E-state index is -0.424. The van der Waals surface area contributed by atoms with Crippen LogP contribution in [0, 0.1) is 6.92 Å². The van der Waals surface area contributed by atoms with Crippen LogP contribution in [0.3, 0.4) is 0 Å². The molecule has 0 aliphatic carbocycles. The van der Waals surface area contributed by atoms with E-state index in [1.165, 1.54) is 4.90 Å². The molecule has 0 saturated carbocycles. The highest BCUT2D eigenvalue weighted by Crippen LogP contribution is 2.26. The van der Waals surface area contributed by atoms with Crippen molar-refractivity contribution in [3.05, 3.63) is 10.6 Å². The molecule has 8 nitrogen and oxygen atoms in total. The number of carbonyl (C=O) groups excluding carboxylic acids is 3. The molecule has 0 aromatic carbocycles. The molecular formula is C15H21N3O5S. The van der Waals surface area contributed by atoms with Gasteiger partial charge in [0.05, 0.1) is 18.8 Å². The summed E-state index contributed by atoms with van der Waals surface area (Å²) < 4.78 is 9.81. The van der Waals surface area contributed by atoms with E-state index in [9.17, 15) is 14.4 Å². The van der Waals surface area contributed by atoms with Gasteiger partial charge in [0.2, 0.25) is 5.91 Å². The molecule has 0 unspecified atom stereocenters. The van der Waals surface area contributed by atoms with E-state index in [-0.39, 0.29) is 18.4 Å². The number of hydrogen-bond acceptors (Lipinski definition) is 7. The molecule has 2 amide bonds. The molecule has 24 heavy (non-hydrogen) atoms. The quantitative estimate of drug-likeness (QED) is 0.693. The van der Waals surface area contributed by atoms with E-state index in [0.717, 1.165) is 11.3 Å². The van der Waals surface area contributed by atoms with E-state index in [4.69, 9.17) is 9.47 Å². The van der Waals surface area contributed by atoms with Crippen LogP contribution in [0.25, 0.3) is 0 Å². The normalized spacial score (nSPS) is 13.8. The molecule has 0 spiro atoms. The number of aryl methyl sites for hydroxylation is 1. The summed E-state index contributed by atoms with van der Waals surface area (Å²) in [7, 11) is 1.62. The summed E-state index contributed by atoms with van der Waals surface area (Å²) in [5.41, 5.74) is 0.549. The standard InChI is InChI=1S/C15H21N3O5S/c1-4-22-13(20)12-10(2)16-14(24-12)17(3)11(19)6-5-7-18-8-9-23-15(18)21/h4-9H2,1-3H3. The number of carbonyl (C=O) groups is 3. The molecule has 1 saturated heterocycles. The van der Waals surface area contributed by atoms with Crippen molar-refractivity contribution in [2.24, 2.45) is 0 Å². The summed E-state index contributed by atoms with van der Waals surface area (Å²) in [6.07, 6.45) is 0.506. The van der Waals surface area contributed by atoms with Gasteiger partial charge in [-0.1, -0.05) is 11.3 Å². The van der Waals surface area contributed by atoms with Gasteiger partial charge in [-0.05, 0) is 20.3 Å². The fraction of sp³-hybridized carbons (Fsp3) is 0.600. The third-order valence-corrected chi connectivity index (χ3v) is 4.78. The Balaban J connectivity index is 1.89. The van der Waals surface area contributed by atoms with Crippen molar-refractivity contribution >= 4 is 34.4 Å². The van der Waals surface area contributed by atoms with Crippen LogP contribution in [0.5, 0.6) is 0 Å². The average molecular weight is 355 g/mol. The molecule has 1 aromatic rings. The van der Waals surface area contributed by atoms with Crippen molar-refractivity contribution < 1.29 is 23.9 Å². The van der Waals surface area contributed by atoms with E-state index in [1.54, 1.807) is 25.8 Å². The first-order valence-electron chi connectivity index (χ1n) is 7.76. The highest BCUT2D eigenvalue weighted by Gasteiger charge is 2.23. The molecule has 1 fully saturated rings. The van der Waals surface area contributed by atoms with E-state index < -0.39 is 5.97 Å². The zero-order valence-corrected chi connectivity index (χ0v) is 14.9. The van der Waals surface area contributed by atoms with Crippen molar-refractivity contribution in [3.8, 4) is 0 Å². The fourth-order valence-corrected chi connectivity index (χ4v) is 3.18.